The van der Waals surface area contributed by atoms with Crippen LogP contribution in [0.1, 0.15) is 10.7 Å². The van der Waals surface area contributed by atoms with Gasteiger partial charge in [0.15, 0.2) is 0 Å². The first-order valence-corrected chi connectivity index (χ1v) is 6.38. The van der Waals surface area contributed by atoms with Crippen LogP contribution in [0, 0.1) is 6.92 Å². The van der Waals surface area contributed by atoms with Gasteiger partial charge in [0.1, 0.15) is 5.82 Å². The van der Waals surface area contributed by atoms with E-state index in [4.69, 9.17) is 0 Å². The van der Waals surface area contributed by atoms with Gasteiger partial charge in [0.2, 0.25) is 5.16 Å². The maximum atomic E-state index is 11.0. The van der Waals surface area contributed by atoms with Gasteiger partial charge >= 0.3 is 0 Å². The fourth-order valence-corrected chi connectivity index (χ4v) is 2.57. The van der Waals surface area contributed by atoms with Crippen molar-refractivity contribution < 1.29 is 9.90 Å². The van der Waals surface area contributed by atoms with Crippen molar-refractivity contribution in [2.45, 2.75) is 12.1 Å². The number of carboxylic acids is 1. The van der Waals surface area contributed by atoms with Crippen LogP contribution in [-0.2, 0) is 4.79 Å². The van der Waals surface area contributed by atoms with Crippen LogP contribution in [0.15, 0.2) is 27.6 Å². The van der Waals surface area contributed by atoms with E-state index in [-0.39, 0.29) is 4.91 Å². The van der Waals surface area contributed by atoms with E-state index in [9.17, 15) is 9.90 Å². The van der Waals surface area contributed by atoms with Crippen LogP contribution in [0.5, 0.6) is 0 Å². The monoisotopic (exact) mass is 266 g/mol. The molecule has 2 heterocycles. The summed E-state index contributed by atoms with van der Waals surface area (Å²) in [6.45, 7) is 1.75. The van der Waals surface area contributed by atoms with Crippen molar-refractivity contribution in [2.24, 2.45) is 0 Å². The molecule has 0 unspecified atom stereocenters. The van der Waals surface area contributed by atoms with Gasteiger partial charge in [-0.15, -0.1) is 16.4 Å². The summed E-state index contributed by atoms with van der Waals surface area (Å²) in [7, 11) is 0. The highest BCUT2D eigenvalue weighted by Crippen LogP contribution is 2.26. The van der Waals surface area contributed by atoms with Gasteiger partial charge < -0.3 is 9.90 Å². The van der Waals surface area contributed by atoms with Crippen molar-refractivity contribution in [2.75, 3.05) is 0 Å². The smallest absolute Gasteiger partial charge is 0.213 e. The number of rotatable bonds is 4. The van der Waals surface area contributed by atoms with Crippen LogP contribution < -0.4 is 5.11 Å². The number of thioether (sulfide) groups is 1. The molecule has 0 amide bonds. The van der Waals surface area contributed by atoms with E-state index in [2.05, 4.69) is 15.2 Å². The molecule has 17 heavy (non-hydrogen) atoms. The lowest BCUT2D eigenvalue weighted by molar-refractivity contribution is -0.297. The van der Waals surface area contributed by atoms with Crippen molar-refractivity contribution in [3.63, 3.8) is 0 Å². The quantitative estimate of drug-likeness (QED) is 0.661. The molecular formula is C10H8N3O2S2-. The number of carbonyl (C=O) groups excluding carboxylic acids is 1. The molecule has 2 aromatic heterocycles. The molecule has 0 radical (unpaired) electrons. The maximum absolute atomic E-state index is 11.0. The number of aromatic amines is 1. The van der Waals surface area contributed by atoms with Gasteiger partial charge in [-0.05, 0) is 36.2 Å². The molecule has 0 atom stereocenters. The molecule has 0 saturated heterocycles. The molecule has 2 rings (SSSR count). The van der Waals surface area contributed by atoms with Crippen LogP contribution in [0.3, 0.4) is 0 Å². The van der Waals surface area contributed by atoms with Crippen LogP contribution in [0.2, 0.25) is 0 Å². The van der Waals surface area contributed by atoms with E-state index in [0.29, 0.717) is 11.0 Å². The molecule has 0 bridgehead atoms. The van der Waals surface area contributed by atoms with E-state index >= 15 is 0 Å². The minimum Gasteiger partial charge on any atom is -0.544 e. The number of aryl methyl sites for hydroxylation is 1. The largest absolute Gasteiger partial charge is 0.544 e. The van der Waals surface area contributed by atoms with Crippen molar-refractivity contribution in [3.8, 4) is 0 Å². The summed E-state index contributed by atoms with van der Waals surface area (Å²) < 4.78 is 0. The maximum Gasteiger partial charge on any atom is 0.213 e. The second-order valence-corrected chi connectivity index (χ2v) is 5.11. The lowest BCUT2D eigenvalue weighted by Crippen LogP contribution is -2.23. The summed E-state index contributed by atoms with van der Waals surface area (Å²) >= 11 is 2.42. The zero-order valence-corrected chi connectivity index (χ0v) is 10.5. The van der Waals surface area contributed by atoms with E-state index < -0.39 is 5.97 Å². The first kappa shape index (κ1) is 11.9. The minimum atomic E-state index is -1.23. The summed E-state index contributed by atoms with van der Waals surface area (Å²) in [5.74, 6) is -0.591. The fraction of sp³-hybridized carbons (Fsp3) is 0.100. The number of aliphatic carboxylic acids is 1. The second-order valence-electron chi connectivity index (χ2n) is 3.12. The van der Waals surface area contributed by atoms with E-state index in [1.807, 2.05) is 17.5 Å². The Morgan fingerprint density at radius 1 is 1.65 bits per heavy atom. The number of thiophene rings is 1. The Morgan fingerprint density at radius 3 is 3.00 bits per heavy atom. The highest BCUT2D eigenvalue weighted by atomic mass is 32.2. The lowest BCUT2D eigenvalue weighted by atomic mass is 10.4. The molecule has 88 valence electrons. The number of carbonyl (C=O) groups is 1. The van der Waals surface area contributed by atoms with Crippen molar-refractivity contribution in [1.82, 2.24) is 15.2 Å². The first-order valence-electron chi connectivity index (χ1n) is 4.68. The van der Waals surface area contributed by atoms with Gasteiger partial charge in [0.25, 0.3) is 0 Å². The molecule has 2 aromatic rings. The average molecular weight is 266 g/mol. The molecule has 0 spiro atoms. The average Bonchev–Trinajstić information content (AvgIpc) is 2.89. The fourth-order valence-electron chi connectivity index (χ4n) is 1.10. The van der Waals surface area contributed by atoms with E-state index in [0.717, 1.165) is 16.6 Å². The van der Waals surface area contributed by atoms with Crippen molar-refractivity contribution in [1.29, 1.82) is 0 Å². The number of nitrogens with zero attached hydrogens (tertiary/aromatic N) is 2. The molecule has 0 aromatic carbocycles. The van der Waals surface area contributed by atoms with Crippen molar-refractivity contribution in [3.05, 3.63) is 33.1 Å². The van der Waals surface area contributed by atoms with Gasteiger partial charge in [-0.25, -0.2) is 4.98 Å². The third-order valence-electron chi connectivity index (χ3n) is 1.80. The Morgan fingerprint density at radius 2 is 2.47 bits per heavy atom. The molecule has 0 aliphatic heterocycles. The normalized spacial score (nSPS) is 11.7. The Kier molecular flexibility index (Phi) is 3.60. The topological polar surface area (TPSA) is 81.7 Å². The summed E-state index contributed by atoms with van der Waals surface area (Å²) in [5, 5.41) is 19.7. The third kappa shape index (κ3) is 3.18. The van der Waals surface area contributed by atoms with Crippen LogP contribution >= 0.6 is 23.1 Å². The summed E-state index contributed by atoms with van der Waals surface area (Å²) in [5.41, 5.74) is 0. The number of carboxylic acid groups (broad SMARTS) is 1. The number of hydrogen-bond donors (Lipinski definition) is 1. The summed E-state index contributed by atoms with van der Waals surface area (Å²) in [6, 6.07) is 3.68. The van der Waals surface area contributed by atoms with Gasteiger partial charge in [-0.2, -0.15) is 0 Å². The third-order valence-corrected chi connectivity index (χ3v) is 3.48. The second kappa shape index (κ2) is 5.15. The predicted molar refractivity (Wildman–Crippen MR) is 64.3 cm³/mol. The molecule has 0 fully saturated rings. The Hall–Kier alpha value is -1.60. The van der Waals surface area contributed by atoms with Crippen LogP contribution in [-0.4, -0.2) is 21.2 Å². The number of H-pyrrole nitrogens is 1. The zero-order valence-electron chi connectivity index (χ0n) is 8.84. The zero-order chi connectivity index (χ0) is 12.3. The van der Waals surface area contributed by atoms with Gasteiger partial charge in [0, 0.05) is 9.78 Å². The van der Waals surface area contributed by atoms with E-state index in [1.165, 1.54) is 11.3 Å². The molecule has 7 heteroatoms. The highest BCUT2D eigenvalue weighted by Gasteiger charge is 2.07. The molecule has 1 N–H and O–H groups in total. The number of hydrogen-bond acceptors (Lipinski definition) is 6. The Bertz CT molecular complexity index is 546. The first-order chi connectivity index (χ1) is 8.15. The molecule has 0 aliphatic rings. The lowest BCUT2D eigenvalue weighted by Gasteiger charge is -2.04. The Labute approximate surface area is 106 Å². The van der Waals surface area contributed by atoms with Crippen LogP contribution in [0.4, 0.5) is 0 Å². The van der Waals surface area contributed by atoms with E-state index in [1.54, 1.807) is 13.0 Å². The van der Waals surface area contributed by atoms with Crippen molar-refractivity contribution >= 4 is 35.1 Å². The molecule has 5 nitrogen and oxygen atoms in total. The SMILES string of the molecule is Cc1nc(S/C(=C/c2cccs2)C(=O)[O-])n[nH]1. The molecule has 0 aliphatic carbocycles. The molecule has 0 saturated carbocycles. The van der Waals surface area contributed by atoms with Gasteiger partial charge in [-0.1, -0.05) is 6.07 Å². The number of nitrogens with one attached hydrogen (secondary N) is 1. The van der Waals surface area contributed by atoms with Gasteiger partial charge in [0.05, 0.1) is 5.97 Å². The number of aromatic nitrogens is 3. The predicted octanol–water partition coefficient (Wildman–Crippen LogP) is 1.06. The highest BCUT2D eigenvalue weighted by molar-refractivity contribution is 8.04. The minimum absolute atomic E-state index is 0.0893. The summed E-state index contributed by atoms with van der Waals surface area (Å²) in [6.07, 6.45) is 1.55. The summed E-state index contributed by atoms with van der Waals surface area (Å²) in [4.78, 5) is 15.9. The Balaban J connectivity index is 2.21. The van der Waals surface area contributed by atoms with Gasteiger partial charge in [-0.3, -0.25) is 5.10 Å². The van der Waals surface area contributed by atoms with Crippen LogP contribution in [0.25, 0.3) is 6.08 Å². The standard InChI is InChI=1S/C10H9N3O2S2/c1-6-11-10(13-12-6)17-8(9(14)15)5-7-3-2-4-16-7/h2-5H,1H3,(H,14,15)(H,11,12,13)/p-1/b8-5+. The molecular weight excluding hydrogens is 258 g/mol.